The Balaban J connectivity index is 0.00000289. The van der Waals surface area contributed by atoms with Crippen LogP contribution < -0.4 is 10.6 Å². The van der Waals surface area contributed by atoms with Crippen molar-refractivity contribution in [2.24, 2.45) is 4.99 Å². The van der Waals surface area contributed by atoms with Gasteiger partial charge in [0.25, 0.3) is 0 Å². The SMILES string of the molecule is CCNC(=NCCC1=CCCC1)NC(C)CC.I. The van der Waals surface area contributed by atoms with Gasteiger partial charge in [-0.3, -0.25) is 4.99 Å². The van der Waals surface area contributed by atoms with Crippen LogP contribution in [0.3, 0.4) is 0 Å². The van der Waals surface area contributed by atoms with Gasteiger partial charge in [0.05, 0.1) is 0 Å². The zero-order valence-corrected chi connectivity index (χ0v) is 14.3. The van der Waals surface area contributed by atoms with E-state index in [1.807, 2.05) is 0 Å². The number of guanidine groups is 1. The minimum absolute atomic E-state index is 0. The lowest BCUT2D eigenvalue weighted by molar-refractivity contribution is 0.624. The smallest absolute Gasteiger partial charge is 0.191 e. The van der Waals surface area contributed by atoms with Crippen LogP contribution in [-0.4, -0.2) is 25.1 Å². The van der Waals surface area contributed by atoms with E-state index in [2.05, 4.69) is 42.5 Å². The molecule has 0 aromatic heterocycles. The monoisotopic (exact) mass is 365 g/mol. The van der Waals surface area contributed by atoms with Crippen LogP contribution in [0.4, 0.5) is 0 Å². The molecule has 0 bridgehead atoms. The lowest BCUT2D eigenvalue weighted by atomic mass is 10.2. The van der Waals surface area contributed by atoms with E-state index in [9.17, 15) is 0 Å². The second kappa shape index (κ2) is 10.6. The third kappa shape index (κ3) is 7.24. The van der Waals surface area contributed by atoms with E-state index in [1.165, 1.54) is 19.3 Å². The molecule has 0 saturated heterocycles. The molecule has 3 nitrogen and oxygen atoms in total. The van der Waals surface area contributed by atoms with Crippen molar-refractivity contribution in [2.75, 3.05) is 13.1 Å². The van der Waals surface area contributed by atoms with Gasteiger partial charge in [-0.05, 0) is 46.0 Å². The Hall–Kier alpha value is -0.260. The van der Waals surface area contributed by atoms with Gasteiger partial charge in [0.1, 0.15) is 0 Å². The second-order valence-corrected chi connectivity index (χ2v) is 4.72. The molecule has 4 heteroatoms. The highest BCUT2D eigenvalue weighted by Crippen LogP contribution is 2.20. The minimum atomic E-state index is 0. The van der Waals surface area contributed by atoms with Crippen molar-refractivity contribution in [3.63, 3.8) is 0 Å². The number of allylic oxidation sites excluding steroid dienone is 1. The lowest BCUT2D eigenvalue weighted by Gasteiger charge is -2.16. The average Bonchev–Trinajstić information content (AvgIpc) is 2.82. The normalized spacial score (nSPS) is 16.8. The molecule has 0 aromatic carbocycles. The number of hydrogen-bond acceptors (Lipinski definition) is 1. The van der Waals surface area contributed by atoms with Crippen molar-refractivity contribution in [3.05, 3.63) is 11.6 Å². The molecular weight excluding hydrogens is 337 g/mol. The predicted octanol–water partition coefficient (Wildman–Crippen LogP) is 3.46. The summed E-state index contributed by atoms with van der Waals surface area (Å²) in [4.78, 5) is 4.62. The molecule has 0 spiro atoms. The van der Waals surface area contributed by atoms with Crippen LogP contribution >= 0.6 is 24.0 Å². The number of aliphatic imine (C=N–C) groups is 1. The summed E-state index contributed by atoms with van der Waals surface area (Å²) in [6, 6.07) is 0.485. The number of hydrogen-bond donors (Lipinski definition) is 2. The van der Waals surface area contributed by atoms with Gasteiger partial charge in [-0.1, -0.05) is 18.6 Å². The molecule has 0 aromatic rings. The second-order valence-electron chi connectivity index (χ2n) is 4.72. The molecular formula is C14H28IN3. The van der Waals surface area contributed by atoms with Crippen molar-refractivity contribution < 1.29 is 0 Å². The Morgan fingerprint density at radius 3 is 2.78 bits per heavy atom. The molecule has 1 atom stereocenters. The fourth-order valence-corrected chi connectivity index (χ4v) is 1.93. The van der Waals surface area contributed by atoms with Gasteiger partial charge >= 0.3 is 0 Å². The third-order valence-corrected chi connectivity index (χ3v) is 3.18. The van der Waals surface area contributed by atoms with Crippen molar-refractivity contribution in [3.8, 4) is 0 Å². The molecule has 0 aliphatic heterocycles. The van der Waals surface area contributed by atoms with Crippen LogP contribution in [0.2, 0.25) is 0 Å². The summed E-state index contributed by atoms with van der Waals surface area (Å²) in [5.41, 5.74) is 1.59. The van der Waals surface area contributed by atoms with Crippen LogP contribution in [0.1, 0.15) is 52.9 Å². The maximum atomic E-state index is 4.62. The molecule has 2 N–H and O–H groups in total. The van der Waals surface area contributed by atoms with Crippen LogP contribution in [0.5, 0.6) is 0 Å². The van der Waals surface area contributed by atoms with Gasteiger partial charge in [-0.25, -0.2) is 0 Å². The van der Waals surface area contributed by atoms with Gasteiger partial charge in [0.15, 0.2) is 5.96 Å². The van der Waals surface area contributed by atoms with Gasteiger partial charge in [-0.2, -0.15) is 0 Å². The predicted molar refractivity (Wildman–Crippen MR) is 90.8 cm³/mol. The van der Waals surface area contributed by atoms with Gasteiger partial charge in [0, 0.05) is 19.1 Å². The highest BCUT2D eigenvalue weighted by molar-refractivity contribution is 14.0. The van der Waals surface area contributed by atoms with Gasteiger partial charge < -0.3 is 10.6 Å². The van der Waals surface area contributed by atoms with E-state index in [4.69, 9.17) is 0 Å². The van der Waals surface area contributed by atoms with Crippen molar-refractivity contribution in [1.82, 2.24) is 10.6 Å². The highest BCUT2D eigenvalue weighted by Gasteiger charge is 2.05. The number of rotatable bonds is 6. The summed E-state index contributed by atoms with van der Waals surface area (Å²) in [5.74, 6) is 0.959. The number of nitrogens with one attached hydrogen (secondary N) is 2. The van der Waals surface area contributed by atoms with Crippen LogP contribution in [0, 0.1) is 0 Å². The van der Waals surface area contributed by atoms with Crippen molar-refractivity contribution in [2.45, 2.75) is 58.9 Å². The zero-order chi connectivity index (χ0) is 12.5. The molecule has 1 aliphatic carbocycles. The molecule has 18 heavy (non-hydrogen) atoms. The molecule has 0 amide bonds. The largest absolute Gasteiger partial charge is 0.357 e. The summed E-state index contributed by atoms with van der Waals surface area (Å²) in [6.45, 7) is 8.30. The summed E-state index contributed by atoms with van der Waals surface area (Å²) in [5, 5.41) is 6.71. The first-order valence-electron chi connectivity index (χ1n) is 6.99. The Kier molecular flexibility index (Phi) is 10.5. The maximum Gasteiger partial charge on any atom is 0.191 e. The molecule has 106 valence electrons. The first-order chi connectivity index (χ1) is 8.26. The Labute approximate surface area is 129 Å². The average molecular weight is 365 g/mol. The molecule has 0 radical (unpaired) electrons. The quantitative estimate of drug-likeness (QED) is 0.327. The topological polar surface area (TPSA) is 36.4 Å². The van der Waals surface area contributed by atoms with Crippen LogP contribution in [0.15, 0.2) is 16.6 Å². The zero-order valence-electron chi connectivity index (χ0n) is 12.0. The summed E-state index contributed by atoms with van der Waals surface area (Å²) < 4.78 is 0. The standard InChI is InChI=1S/C14H27N3.HI/c1-4-12(3)17-14(15-5-2)16-11-10-13-8-6-7-9-13;/h8,12H,4-7,9-11H2,1-3H3,(H2,15,16,17);1H. The molecule has 0 fully saturated rings. The highest BCUT2D eigenvalue weighted by atomic mass is 127. The van der Waals surface area contributed by atoms with Gasteiger partial charge in [-0.15, -0.1) is 24.0 Å². The van der Waals surface area contributed by atoms with Crippen LogP contribution in [0.25, 0.3) is 0 Å². The van der Waals surface area contributed by atoms with E-state index >= 15 is 0 Å². The molecule has 0 heterocycles. The molecule has 1 rings (SSSR count). The van der Waals surface area contributed by atoms with E-state index in [-0.39, 0.29) is 24.0 Å². The lowest BCUT2D eigenvalue weighted by Crippen LogP contribution is -2.42. The Bertz CT molecular complexity index is 274. The minimum Gasteiger partial charge on any atom is -0.357 e. The number of nitrogens with zero attached hydrogens (tertiary/aromatic N) is 1. The van der Waals surface area contributed by atoms with Gasteiger partial charge in [0.2, 0.25) is 0 Å². The van der Waals surface area contributed by atoms with Crippen molar-refractivity contribution in [1.29, 1.82) is 0 Å². The maximum absolute atomic E-state index is 4.62. The fourth-order valence-electron chi connectivity index (χ4n) is 1.93. The van der Waals surface area contributed by atoms with E-state index in [0.717, 1.165) is 31.9 Å². The number of halogens is 1. The third-order valence-electron chi connectivity index (χ3n) is 3.18. The van der Waals surface area contributed by atoms with E-state index < -0.39 is 0 Å². The van der Waals surface area contributed by atoms with E-state index in [1.54, 1.807) is 5.57 Å². The first-order valence-corrected chi connectivity index (χ1v) is 6.99. The molecule has 1 aliphatic rings. The fraction of sp³-hybridized carbons (Fsp3) is 0.786. The summed E-state index contributed by atoms with van der Waals surface area (Å²) in [6.07, 6.45) is 8.51. The summed E-state index contributed by atoms with van der Waals surface area (Å²) >= 11 is 0. The van der Waals surface area contributed by atoms with E-state index in [0.29, 0.717) is 6.04 Å². The Morgan fingerprint density at radius 2 is 2.22 bits per heavy atom. The Morgan fingerprint density at radius 1 is 1.44 bits per heavy atom. The summed E-state index contributed by atoms with van der Waals surface area (Å²) in [7, 11) is 0. The first kappa shape index (κ1) is 17.7. The van der Waals surface area contributed by atoms with Crippen LogP contribution in [-0.2, 0) is 0 Å². The molecule has 0 saturated carbocycles. The molecule has 1 unspecified atom stereocenters. The van der Waals surface area contributed by atoms with Crippen molar-refractivity contribution >= 4 is 29.9 Å².